The Balaban J connectivity index is 2.30. The highest BCUT2D eigenvalue weighted by molar-refractivity contribution is 5.98. The summed E-state index contributed by atoms with van der Waals surface area (Å²) < 4.78 is 15.6. The molecule has 0 unspecified atom stereocenters. The van der Waals surface area contributed by atoms with Crippen molar-refractivity contribution in [1.82, 2.24) is 15.3 Å². The molecule has 1 aromatic heterocycles. The third kappa shape index (κ3) is 6.88. The van der Waals surface area contributed by atoms with Crippen LogP contribution in [0.4, 0.5) is 22.2 Å². The van der Waals surface area contributed by atoms with Crippen LogP contribution in [0.5, 0.6) is 5.75 Å². The third-order valence-electron chi connectivity index (χ3n) is 3.85. The smallest absolute Gasteiger partial charge is 0.327 e. The Morgan fingerprint density at radius 1 is 1.17 bits per heavy atom. The maximum absolute atomic E-state index is 12.9. The molecule has 2 rings (SSSR count). The van der Waals surface area contributed by atoms with E-state index in [1.807, 2.05) is 38.1 Å². The molecule has 1 heterocycles. The molecule has 2 aromatic rings. The van der Waals surface area contributed by atoms with E-state index in [0.29, 0.717) is 43.8 Å². The number of anilines is 3. The first-order valence-corrected chi connectivity index (χ1v) is 9.47. The number of carbonyl (C=O) groups is 1. The zero-order valence-corrected chi connectivity index (χ0v) is 17.3. The zero-order valence-electron chi connectivity index (χ0n) is 17.3. The SMILES string of the molecule is CCOc1ccc(N(C(=O)NCCOC)c2ccnc(N[C@@H](C)COC)n2)cc1. The number of methoxy groups -OCH3 is 2. The standard InChI is InChI=1S/C20H29N5O4/c1-5-29-17-8-6-16(7-9-17)25(20(26)22-12-13-27-3)18-10-11-21-19(24-18)23-15(2)14-28-4/h6-11,15H,5,12-14H2,1-4H3,(H,22,26)(H,21,23,24)/t15-/m0/s1. The molecule has 2 N–H and O–H groups in total. The first-order valence-electron chi connectivity index (χ1n) is 9.47. The summed E-state index contributed by atoms with van der Waals surface area (Å²) in [5.74, 6) is 1.58. The molecule has 0 bridgehead atoms. The van der Waals surface area contributed by atoms with Gasteiger partial charge in [0.25, 0.3) is 0 Å². The lowest BCUT2D eigenvalue weighted by Gasteiger charge is -2.23. The minimum Gasteiger partial charge on any atom is -0.494 e. The molecule has 158 valence electrons. The molecule has 0 saturated heterocycles. The molecule has 0 fully saturated rings. The van der Waals surface area contributed by atoms with E-state index in [2.05, 4.69) is 20.6 Å². The van der Waals surface area contributed by atoms with Crippen LogP contribution in [0.25, 0.3) is 0 Å². The van der Waals surface area contributed by atoms with E-state index >= 15 is 0 Å². The Kier molecular flexibility index (Phi) is 9.13. The fourth-order valence-electron chi connectivity index (χ4n) is 2.61. The van der Waals surface area contributed by atoms with Gasteiger partial charge in [0.05, 0.1) is 25.5 Å². The van der Waals surface area contributed by atoms with Crippen LogP contribution in [0.2, 0.25) is 0 Å². The molecule has 9 nitrogen and oxygen atoms in total. The summed E-state index contributed by atoms with van der Waals surface area (Å²) in [7, 11) is 3.22. The van der Waals surface area contributed by atoms with Gasteiger partial charge in [-0.25, -0.2) is 14.7 Å². The number of benzene rings is 1. The quantitative estimate of drug-likeness (QED) is 0.557. The van der Waals surface area contributed by atoms with Crippen LogP contribution in [-0.2, 0) is 9.47 Å². The lowest BCUT2D eigenvalue weighted by Crippen LogP contribution is -2.39. The van der Waals surface area contributed by atoms with Gasteiger partial charge in [-0.15, -0.1) is 0 Å². The zero-order chi connectivity index (χ0) is 21.1. The van der Waals surface area contributed by atoms with Crippen molar-refractivity contribution in [2.75, 3.05) is 50.8 Å². The van der Waals surface area contributed by atoms with Crippen molar-refractivity contribution in [1.29, 1.82) is 0 Å². The summed E-state index contributed by atoms with van der Waals surface area (Å²) in [6.07, 6.45) is 1.61. The minimum absolute atomic E-state index is 0.0182. The van der Waals surface area contributed by atoms with E-state index < -0.39 is 0 Å². The highest BCUT2D eigenvalue weighted by atomic mass is 16.5. The van der Waals surface area contributed by atoms with E-state index in [-0.39, 0.29) is 12.1 Å². The molecule has 0 saturated carbocycles. The van der Waals surface area contributed by atoms with Gasteiger partial charge in [-0.1, -0.05) is 0 Å². The van der Waals surface area contributed by atoms with E-state index in [9.17, 15) is 4.79 Å². The van der Waals surface area contributed by atoms with Gasteiger partial charge in [-0.3, -0.25) is 0 Å². The van der Waals surface area contributed by atoms with Crippen molar-refractivity contribution in [2.45, 2.75) is 19.9 Å². The van der Waals surface area contributed by atoms with Crippen molar-refractivity contribution in [3.63, 3.8) is 0 Å². The van der Waals surface area contributed by atoms with E-state index in [1.54, 1.807) is 26.5 Å². The number of hydrogen-bond acceptors (Lipinski definition) is 7. The van der Waals surface area contributed by atoms with Crippen LogP contribution in [0.1, 0.15) is 13.8 Å². The fraction of sp³-hybridized carbons (Fsp3) is 0.450. The van der Waals surface area contributed by atoms with E-state index in [0.717, 1.165) is 5.75 Å². The molecule has 0 aliphatic carbocycles. The van der Waals surface area contributed by atoms with Gasteiger partial charge in [-0.2, -0.15) is 4.98 Å². The van der Waals surface area contributed by atoms with Gasteiger partial charge in [0.2, 0.25) is 5.95 Å². The first kappa shape index (κ1) is 22.4. The molecule has 2 amide bonds. The molecule has 9 heteroatoms. The van der Waals surface area contributed by atoms with Crippen molar-refractivity contribution < 1.29 is 19.0 Å². The third-order valence-corrected chi connectivity index (χ3v) is 3.85. The second-order valence-electron chi connectivity index (χ2n) is 6.23. The number of nitrogens with zero attached hydrogens (tertiary/aromatic N) is 3. The molecular formula is C20H29N5O4. The summed E-state index contributed by atoms with van der Waals surface area (Å²) >= 11 is 0. The van der Waals surface area contributed by atoms with Crippen LogP contribution < -0.4 is 20.3 Å². The van der Waals surface area contributed by atoms with Crippen molar-refractivity contribution >= 4 is 23.5 Å². The number of aromatic nitrogens is 2. The van der Waals surface area contributed by atoms with Crippen molar-refractivity contribution in [3.8, 4) is 5.75 Å². The van der Waals surface area contributed by atoms with Gasteiger partial charge in [0, 0.05) is 39.1 Å². The summed E-state index contributed by atoms with van der Waals surface area (Å²) in [5.41, 5.74) is 0.651. The van der Waals surface area contributed by atoms with Gasteiger partial charge in [0.1, 0.15) is 11.6 Å². The van der Waals surface area contributed by atoms with Gasteiger partial charge in [0.15, 0.2) is 0 Å². The highest BCUT2D eigenvalue weighted by Crippen LogP contribution is 2.26. The van der Waals surface area contributed by atoms with E-state index in [1.165, 1.54) is 4.90 Å². The van der Waals surface area contributed by atoms with Crippen LogP contribution in [0.15, 0.2) is 36.5 Å². The Hall–Kier alpha value is -2.91. The molecule has 0 radical (unpaired) electrons. The number of carbonyl (C=O) groups excluding carboxylic acids is 1. The number of rotatable bonds is 11. The average Bonchev–Trinajstić information content (AvgIpc) is 2.70. The normalized spacial score (nSPS) is 11.6. The molecule has 29 heavy (non-hydrogen) atoms. The summed E-state index contributed by atoms with van der Waals surface area (Å²) in [6, 6.07) is 8.63. The highest BCUT2D eigenvalue weighted by Gasteiger charge is 2.20. The number of urea groups is 1. The van der Waals surface area contributed by atoms with Gasteiger partial charge < -0.3 is 24.8 Å². The second kappa shape index (κ2) is 11.8. The molecule has 0 aliphatic heterocycles. The molecule has 1 atom stereocenters. The number of amides is 2. The topological polar surface area (TPSA) is 97.8 Å². The second-order valence-corrected chi connectivity index (χ2v) is 6.23. The lowest BCUT2D eigenvalue weighted by molar-refractivity contribution is 0.190. The predicted molar refractivity (Wildman–Crippen MR) is 112 cm³/mol. The Morgan fingerprint density at radius 2 is 1.93 bits per heavy atom. The summed E-state index contributed by atoms with van der Waals surface area (Å²) in [4.78, 5) is 23.1. The number of ether oxygens (including phenoxy) is 3. The van der Waals surface area contributed by atoms with Gasteiger partial charge in [-0.05, 0) is 38.1 Å². The largest absolute Gasteiger partial charge is 0.494 e. The van der Waals surface area contributed by atoms with Crippen molar-refractivity contribution in [3.05, 3.63) is 36.5 Å². The molecular weight excluding hydrogens is 374 g/mol. The Bertz CT molecular complexity index is 757. The van der Waals surface area contributed by atoms with Crippen LogP contribution in [0.3, 0.4) is 0 Å². The monoisotopic (exact) mass is 403 g/mol. The average molecular weight is 403 g/mol. The molecule has 0 spiro atoms. The number of hydrogen-bond donors (Lipinski definition) is 2. The predicted octanol–water partition coefficient (Wildman–Crippen LogP) is 2.82. The minimum atomic E-state index is -0.319. The van der Waals surface area contributed by atoms with Crippen molar-refractivity contribution in [2.24, 2.45) is 0 Å². The lowest BCUT2D eigenvalue weighted by atomic mass is 10.2. The summed E-state index contributed by atoms with van der Waals surface area (Å²) in [6.45, 7) is 5.75. The maximum Gasteiger partial charge on any atom is 0.327 e. The van der Waals surface area contributed by atoms with E-state index in [4.69, 9.17) is 14.2 Å². The Labute approximate surface area is 171 Å². The number of nitrogens with one attached hydrogen (secondary N) is 2. The summed E-state index contributed by atoms with van der Waals surface area (Å²) in [5, 5.41) is 5.99. The van der Waals surface area contributed by atoms with Crippen LogP contribution >= 0.6 is 0 Å². The molecule has 1 aromatic carbocycles. The maximum atomic E-state index is 12.9. The van der Waals surface area contributed by atoms with Crippen LogP contribution in [0, 0.1) is 0 Å². The van der Waals surface area contributed by atoms with Gasteiger partial charge >= 0.3 is 6.03 Å². The first-order chi connectivity index (χ1) is 14.1. The molecule has 0 aliphatic rings. The fourth-order valence-corrected chi connectivity index (χ4v) is 2.61. The van der Waals surface area contributed by atoms with Crippen LogP contribution in [-0.4, -0.2) is 62.6 Å². The Morgan fingerprint density at radius 3 is 2.59 bits per heavy atom.